The molecule has 0 aliphatic rings. The van der Waals surface area contributed by atoms with E-state index in [1.165, 1.54) is 12.8 Å². The summed E-state index contributed by atoms with van der Waals surface area (Å²) in [6.07, 6.45) is 2.80. The first kappa shape index (κ1) is 15.5. The van der Waals surface area contributed by atoms with Gasteiger partial charge in [0.05, 0.1) is 0 Å². The molecule has 0 aromatic rings. The minimum atomic E-state index is 0. The van der Waals surface area contributed by atoms with E-state index in [2.05, 4.69) is 41.5 Å². The molecule has 0 radical (unpaired) electrons. The zero-order valence-electron chi connectivity index (χ0n) is 9.72. The largest absolute Gasteiger partial charge is 0.0776 e. The molecule has 0 rings (SSSR count). The summed E-state index contributed by atoms with van der Waals surface area (Å²) in [5.74, 6) is 3.49. The van der Waals surface area contributed by atoms with Gasteiger partial charge in [-0.3, -0.25) is 0 Å². The summed E-state index contributed by atoms with van der Waals surface area (Å²) >= 11 is 0. The third-order valence-corrected chi connectivity index (χ3v) is 2.79. The Kier molecular flexibility index (Phi) is 8.82. The fourth-order valence-corrected chi connectivity index (χ4v) is 1.96. The lowest BCUT2D eigenvalue weighted by atomic mass is 9.81. The number of hydrogen-bond donors (Lipinski definition) is 0. The fraction of sp³-hybridized carbons (Fsp3) is 1.00. The first-order chi connectivity index (χ1) is 5.45. The van der Waals surface area contributed by atoms with E-state index in [-0.39, 0.29) is 7.43 Å². The van der Waals surface area contributed by atoms with Crippen LogP contribution in [0.1, 0.15) is 61.8 Å². The summed E-state index contributed by atoms with van der Waals surface area (Å²) in [6, 6.07) is 0. The minimum Gasteiger partial charge on any atom is -0.0776 e. The molecule has 0 unspecified atom stereocenters. The van der Waals surface area contributed by atoms with Gasteiger partial charge in [0, 0.05) is 0 Å². The monoisotopic (exact) mass is 186 g/mol. The first-order valence-corrected chi connectivity index (χ1v) is 5.45. The van der Waals surface area contributed by atoms with Crippen LogP contribution in [-0.4, -0.2) is 0 Å². The summed E-state index contributed by atoms with van der Waals surface area (Å²) in [5.41, 5.74) is 0. The second-order valence-electron chi connectivity index (χ2n) is 5.12. The zero-order valence-corrected chi connectivity index (χ0v) is 9.72. The molecule has 82 valence electrons. The molecule has 0 aromatic heterocycles. The van der Waals surface area contributed by atoms with E-state index >= 15 is 0 Å². The van der Waals surface area contributed by atoms with Crippen LogP contribution in [0.5, 0.6) is 0 Å². The quantitative estimate of drug-likeness (QED) is 0.567. The summed E-state index contributed by atoms with van der Waals surface area (Å²) in [5, 5.41) is 0. The van der Waals surface area contributed by atoms with Gasteiger partial charge < -0.3 is 0 Å². The second-order valence-corrected chi connectivity index (χ2v) is 5.12. The predicted octanol–water partition coefficient (Wildman–Crippen LogP) is 4.99. The fourth-order valence-electron chi connectivity index (χ4n) is 1.96. The molecular weight excluding hydrogens is 156 g/mol. The highest BCUT2D eigenvalue weighted by Crippen LogP contribution is 2.26. The molecule has 0 heteroatoms. The van der Waals surface area contributed by atoms with Crippen LogP contribution in [0.2, 0.25) is 0 Å². The van der Waals surface area contributed by atoms with Crippen molar-refractivity contribution in [3.63, 3.8) is 0 Å². The van der Waals surface area contributed by atoms with Crippen molar-refractivity contribution in [1.82, 2.24) is 0 Å². The molecule has 0 saturated carbocycles. The third kappa shape index (κ3) is 7.10. The molecular formula is C13H30. The van der Waals surface area contributed by atoms with Crippen molar-refractivity contribution >= 4 is 0 Å². The van der Waals surface area contributed by atoms with Gasteiger partial charge in [-0.25, -0.2) is 0 Å². The Bertz CT molecular complexity index is 92.6. The Balaban J connectivity index is 0. The van der Waals surface area contributed by atoms with Crippen LogP contribution < -0.4 is 0 Å². The molecule has 0 spiro atoms. The van der Waals surface area contributed by atoms with Gasteiger partial charge in [0.25, 0.3) is 0 Å². The lowest BCUT2D eigenvalue weighted by Gasteiger charge is -2.25. The maximum absolute atomic E-state index is 2.35. The van der Waals surface area contributed by atoms with E-state index in [1.54, 1.807) is 0 Å². The Morgan fingerprint density at radius 3 is 1.31 bits per heavy atom. The van der Waals surface area contributed by atoms with Crippen LogP contribution in [0.3, 0.4) is 0 Å². The normalized spacial score (nSPS) is 11.5. The van der Waals surface area contributed by atoms with Crippen molar-refractivity contribution in [3.05, 3.63) is 0 Å². The average molecular weight is 186 g/mol. The number of rotatable bonds is 5. The molecule has 0 aliphatic carbocycles. The summed E-state index contributed by atoms with van der Waals surface area (Å²) in [4.78, 5) is 0. The molecule has 0 bridgehead atoms. The molecule has 0 atom stereocenters. The van der Waals surface area contributed by atoms with Crippen LogP contribution in [0.15, 0.2) is 0 Å². The van der Waals surface area contributed by atoms with E-state index in [9.17, 15) is 0 Å². The van der Waals surface area contributed by atoms with E-state index < -0.39 is 0 Å². The highest BCUT2D eigenvalue weighted by atomic mass is 14.2. The average Bonchev–Trinajstić information content (AvgIpc) is 1.84. The minimum absolute atomic E-state index is 0. The van der Waals surface area contributed by atoms with Crippen LogP contribution in [0.4, 0.5) is 0 Å². The van der Waals surface area contributed by atoms with Crippen LogP contribution in [-0.2, 0) is 0 Å². The van der Waals surface area contributed by atoms with Gasteiger partial charge in [-0.15, -0.1) is 0 Å². The predicted molar refractivity (Wildman–Crippen MR) is 64.0 cm³/mol. The summed E-state index contributed by atoms with van der Waals surface area (Å²) in [7, 11) is 0. The highest BCUT2D eigenvalue weighted by molar-refractivity contribution is 4.67. The summed E-state index contributed by atoms with van der Waals surface area (Å²) < 4.78 is 0. The van der Waals surface area contributed by atoms with E-state index in [0.29, 0.717) is 0 Å². The molecule has 0 fully saturated rings. The van der Waals surface area contributed by atoms with Gasteiger partial charge in [-0.1, -0.05) is 55.4 Å². The summed E-state index contributed by atoms with van der Waals surface area (Å²) in [6.45, 7) is 14.0. The van der Waals surface area contributed by atoms with Gasteiger partial charge in [-0.05, 0) is 30.1 Å². The highest BCUT2D eigenvalue weighted by Gasteiger charge is 2.16. The topological polar surface area (TPSA) is 0 Å². The van der Waals surface area contributed by atoms with Gasteiger partial charge in [0.2, 0.25) is 0 Å². The maximum atomic E-state index is 2.35. The zero-order chi connectivity index (χ0) is 9.72. The molecule has 0 aromatic carbocycles. The second kappa shape index (κ2) is 7.41. The SMILES string of the molecule is C.CC(C)CCC(C(C)C)C(C)C. The van der Waals surface area contributed by atoms with E-state index in [4.69, 9.17) is 0 Å². The van der Waals surface area contributed by atoms with E-state index in [0.717, 1.165) is 23.7 Å². The number of hydrogen-bond acceptors (Lipinski definition) is 0. The van der Waals surface area contributed by atoms with Crippen LogP contribution in [0.25, 0.3) is 0 Å². The first-order valence-electron chi connectivity index (χ1n) is 5.45. The van der Waals surface area contributed by atoms with Crippen molar-refractivity contribution in [1.29, 1.82) is 0 Å². The van der Waals surface area contributed by atoms with Crippen LogP contribution >= 0.6 is 0 Å². The van der Waals surface area contributed by atoms with Crippen molar-refractivity contribution < 1.29 is 0 Å². The molecule has 0 amide bonds. The Morgan fingerprint density at radius 2 is 1.08 bits per heavy atom. The van der Waals surface area contributed by atoms with Crippen molar-refractivity contribution in [3.8, 4) is 0 Å². The molecule has 0 nitrogen and oxygen atoms in total. The van der Waals surface area contributed by atoms with Crippen molar-refractivity contribution in [2.75, 3.05) is 0 Å². The van der Waals surface area contributed by atoms with Crippen LogP contribution in [0, 0.1) is 23.7 Å². The molecule has 0 heterocycles. The maximum Gasteiger partial charge on any atom is -0.0368 e. The molecule has 0 aliphatic heterocycles. The van der Waals surface area contributed by atoms with Gasteiger partial charge in [0.15, 0.2) is 0 Å². The third-order valence-electron chi connectivity index (χ3n) is 2.79. The van der Waals surface area contributed by atoms with E-state index in [1.807, 2.05) is 0 Å². The molecule has 13 heavy (non-hydrogen) atoms. The van der Waals surface area contributed by atoms with Gasteiger partial charge in [0.1, 0.15) is 0 Å². The van der Waals surface area contributed by atoms with Crippen molar-refractivity contribution in [2.45, 2.75) is 61.8 Å². The standard InChI is InChI=1S/C12H26.CH4/c1-9(2)7-8-12(10(3)4)11(5)6;/h9-12H,7-8H2,1-6H3;1H4. The molecule has 0 N–H and O–H groups in total. The van der Waals surface area contributed by atoms with Crippen molar-refractivity contribution in [2.24, 2.45) is 23.7 Å². The van der Waals surface area contributed by atoms with Gasteiger partial charge in [-0.2, -0.15) is 0 Å². The Morgan fingerprint density at radius 1 is 0.692 bits per heavy atom. The molecule has 0 saturated heterocycles. The lowest BCUT2D eigenvalue weighted by molar-refractivity contribution is 0.253. The van der Waals surface area contributed by atoms with Gasteiger partial charge >= 0.3 is 0 Å². The lowest BCUT2D eigenvalue weighted by Crippen LogP contribution is -2.16. The Labute approximate surface area is 86.1 Å². The smallest absolute Gasteiger partial charge is 0.0368 e. The Hall–Kier alpha value is 0.